The van der Waals surface area contributed by atoms with Crippen molar-refractivity contribution in [2.45, 2.75) is 10.9 Å². The summed E-state index contributed by atoms with van der Waals surface area (Å²) >= 11 is 0. The predicted octanol–water partition coefficient (Wildman–Crippen LogP) is -0.857. The van der Waals surface area contributed by atoms with Gasteiger partial charge in [0, 0.05) is 25.7 Å². The number of primary amides is 1. The second kappa shape index (κ2) is 5.78. The number of ether oxygens (including phenoxy) is 1. The highest BCUT2D eigenvalue weighted by atomic mass is 32.2. The topological polar surface area (TPSA) is 102 Å². The number of amides is 1. The van der Waals surface area contributed by atoms with Crippen LogP contribution in [0.2, 0.25) is 0 Å². The van der Waals surface area contributed by atoms with Crippen LogP contribution in [0.3, 0.4) is 0 Å². The van der Waals surface area contributed by atoms with Crippen LogP contribution < -0.4 is 15.8 Å². The molecule has 0 bridgehead atoms. The van der Waals surface area contributed by atoms with Gasteiger partial charge in [-0.25, -0.2) is 8.42 Å². The lowest BCUT2D eigenvalue weighted by atomic mass is 10.2. The molecule has 0 radical (unpaired) electrons. The Balaban J connectivity index is 2.39. The zero-order valence-corrected chi connectivity index (χ0v) is 11.9. The van der Waals surface area contributed by atoms with E-state index >= 15 is 0 Å². The third-order valence-electron chi connectivity index (χ3n) is 3.17. The van der Waals surface area contributed by atoms with Crippen LogP contribution in [0.15, 0.2) is 29.2 Å². The molecule has 1 aliphatic rings. The molecule has 1 aliphatic heterocycles. The zero-order valence-electron chi connectivity index (χ0n) is 11.1. The van der Waals surface area contributed by atoms with Crippen molar-refractivity contribution < 1.29 is 17.9 Å². The Hall–Kier alpha value is -1.64. The first-order valence-electron chi connectivity index (χ1n) is 6.13. The maximum Gasteiger partial charge on any atom is 0.244 e. The molecule has 1 fully saturated rings. The van der Waals surface area contributed by atoms with Gasteiger partial charge >= 0.3 is 0 Å². The van der Waals surface area contributed by atoms with Crippen molar-refractivity contribution >= 4 is 15.9 Å². The van der Waals surface area contributed by atoms with E-state index in [0.29, 0.717) is 12.3 Å². The fourth-order valence-electron chi connectivity index (χ4n) is 2.11. The molecular formula is C12H17N3O4S. The minimum Gasteiger partial charge on any atom is -0.497 e. The molecule has 0 aliphatic carbocycles. The number of nitrogens with one attached hydrogen (secondary N) is 1. The van der Waals surface area contributed by atoms with Gasteiger partial charge in [-0.3, -0.25) is 4.79 Å². The summed E-state index contributed by atoms with van der Waals surface area (Å²) in [6.45, 7) is 0.901. The molecular weight excluding hydrogens is 282 g/mol. The number of nitrogens with zero attached hydrogens (tertiary/aromatic N) is 1. The average Bonchev–Trinajstić information content (AvgIpc) is 2.47. The quantitative estimate of drug-likeness (QED) is 0.753. The van der Waals surface area contributed by atoms with Crippen LogP contribution in [0.5, 0.6) is 5.75 Å². The molecule has 3 N–H and O–H groups in total. The minimum atomic E-state index is -3.78. The van der Waals surface area contributed by atoms with E-state index in [9.17, 15) is 13.2 Å². The number of carbonyl (C=O) groups is 1. The highest BCUT2D eigenvalue weighted by molar-refractivity contribution is 7.89. The Morgan fingerprint density at radius 2 is 2.25 bits per heavy atom. The van der Waals surface area contributed by atoms with Gasteiger partial charge in [0.15, 0.2) is 0 Å². The summed E-state index contributed by atoms with van der Waals surface area (Å²) in [5.74, 6) is -0.222. The summed E-state index contributed by atoms with van der Waals surface area (Å²) in [4.78, 5) is 11.5. The fraction of sp³-hybridized carbons (Fsp3) is 0.417. The molecule has 2 rings (SSSR count). The lowest BCUT2D eigenvalue weighted by Crippen LogP contribution is -2.58. The molecule has 7 nitrogen and oxygen atoms in total. The van der Waals surface area contributed by atoms with Gasteiger partial charge in [0.05, 0.1) is 12.0 Å². The van der Waals surface area contributed by atoms with Crippen molar-refractivity contribution in [2.24, 2.45) is 5.73 Å². The van der Waals surface area contributed by atoms with Crippen LogP contribution in [0.4, 0.5) is 0 Å². The van der Waals surface area contributed by atoms with E-state index in [1.165, 1.54) is 19.2 Å². The molecule has 1 aromatic carbocycles. The Kier molecular flexibility index (Phi) is 4.26. The summed E-state index contributed by atoms with van der Waals surface area (Å²) in [5.41, 5.74) is 5.28. The van der Waals surface area contributed by atoms with E-state index in [2.05, 4.69) is 5.32 Å². The molecule has 1 unspecified atom stereocenters. The van der Waals surface area contributed by atoms with Crippen molar-refractivity contribution in [1.82, 2.24) is 9.62 Å². The third kappa shape index (κ3) is 2.77. The highest BCUT2D eigenvalue weighted by Crippen LogP contribution is 2.23. The highest BCUT2D eigenvalue weighted by Gasteiger charge is 2.36. The normalized spacial score (nSPS) is 20.6. The lowest BCUT2D eigenvalue weighted by Gasteiger charge is -2.33. The maximum atomic E-state index is 12.6. The van der Waals surface area contributed by atoms with Crippen molar-refractivity contribution in [2.75, 3.05) is 26.7 Å². The van der Waals surface area contributed by atoms with Crippen molar-refractivity contribution in [3.8, 4) is 5.75 Å². The van der Waals surface area contributed by atoms with Crippen LogP contribution in [-0.2, 0) is 14.8 Å². The van der Waals surface area contributed by atoms with E-state index in [1.807, 2.05) is 0 Å². The average molecular weight is 299 g/mol. The van der Waals surface area contributed by atoms with Crippen molar-refractivity contribution in [3.05, 3.63) is 24.3 Å². The maximum absolute atomic E-state index is 12.6. The number of piperazine rings is 1. The Labute approximate surface area is 117 Å². The van der Waals surface area contributed by atoms with E-state index in [0.717, 1.165) is 4.31 Å². The van der Waals surface area contributed by atoms with E-state index in [-0.39, 0.29) is 18.0 Å². The van der Waals surface area contributed by atoms with E-state index in [1.54, 1.807) is 12.1 Å². The summed E-state index contributed by atoms with van der Waals surface area (Å²) in [7, 11) is -2.32. The molecule has 20 heavy (non-hydrogen) atoms. The van der Waals surface area contributed by atoms with Crippen molar-refractivity contribution in [1.29, 1.82) is 0 Å². The Bertz CT molecular complexity index is 602. The van der Waals surface area contributed by atoms with Gasteiger partial charge in [-0.1, -0.05) is 6.07 Å². The van der Waals surface area contributed by atoms with Gasteiger partial charge in [0.1, 0.15) is 11.8 Å². The van der Waals surface area contributed by atoms with Gasteiger partial charge < -0.3 is 15.8 Å². The molecule has 1 aromatic rings. The first kappa shape index (κ1) is 14.8. The molecule has 0 aromatic heterocycles. The number of nitrogens with two attached hydrogens (primary N) is 1. The second-order valence-electron chi connectivity index (χ2n) is 4.42. The van der Waals surface area contributed by atoms with E-state index in [4.69, 9.17) is 10.5 Å². The number of methoxy groups -OCH3 is 1. The molecule has 110 valence electrons. The number of rotatable bonds is 4. The van der Waals surface area contributed by atoms with Gasteiger partial charge in [-0.05, 0) is 12.1 Å². The Morgan fingerprint density at radius 1 is 1.50 bits per heavy atom. The smallest absolute Gasteiger partial charge is 0.244 e. The largest absolute Gasteiger partial charge is 0.497 e. The summed E-state index contributed by atoms with van der Waals surface area (Å²) in [6.07, 6.45) is 0. The number of benzene rings is 1. The molecule has 0 saturated carbocycles. The van der Waals surface area contributed by atoms with Crippen LogP contribution in [0, 0.1) is 0 Å². The zero-order chi connectivity index (χ0) is 14.8. The molecule has 0 spiro atoms. The monoisotopic (exact) mass is 299 g/mol. The number of hydrogen-bond acceptors (Lipinski definition) is 5. The molecule has 1 saturated heterocycles. The van der Waals surface area contributed by atoms with Gasteiger partial charge in [0.2, 0.25) is 15.9 Å². The second-order valence-corrected chi connectivity index (χ2v) is 6.31. The number of hydrogen-bond donors (Lipinski definition) is 2. The Morgan fingerprint density at radius 3 is 2.90 bits per heavy atom. The SMILES string of the molecule is COc1cccc(S(=O)(=O)N2CCNCC2C(N)=O)c1. The first-order valence-corrected chi connectivity index (χ1v) is 7.57. The van der Waals surface area contributed by atoms with Crippen LogP contribution in [0.25, 0.3) is 0 Å². The number of carbonyl (C=O) groups excluding carboxylic acids is 1. The first-order chi connectivity index (χ1) is 9.46. The van der Waals surface area contributed by atoms with Gasteiger partial charge in [-0.15, -0.1) is 0 Å². The minimum absolute atomic E-state index is 0.0880. The van der Waals surface area contributed by atoms with Gasteiger partial charge in [-0.2, -0.15) is 4.31 Å². The van der Waals surface area contributed by atoms with Crippen molar-refractivity contribution in [3.63, 3.8) is 0 Å². The molecule has 1 heterocycles. The van der Waals surface area contributed by atoms with Crippen LogP contribution in [-0.4, -0.2) is 51.4 Å². The van der Waals surface area contributed by atoms with Crippen LogP contribution in [0.1, 0.15) is 0 Å². The number of sulfonamides is 1. The lowest BCUT2D eigenvalue weighted by molar-refractivity contribution is -0.122. The molecule has 8 heteroatoms. The standard InChI is InChI=1S/C12H17N3O4S/c1-19-9-3-2-4-10(7-9)20(17,18)15-6-5-14-8-11(15)12(13)16/h2-4,7,11,14H,5-6,8H2,1H3,(H2,13,16). The summed E-state index contributed by atoms with van der Waals surface area (Å²) in [5, 5.41) is 2.96. The van der Waals surface area contributed by atoms with Gasteiger partial charge in [0.25, 0.3) is 0 Å². The molecule has 1 atom stereocenters. The van der Waals surface area contributed by atoms with E-state index < -0.39 is 22.0 Å². The molecule has 1 amide bonds. The predicted molar refractivity (Wildman–Crippen MR) is 72.7 cm³/mol. The third-order valence-corrected chi connectivity index (χ3v) is 5.07. The summed E-state index contributed by atoms with van der Waals surface area (Å²) < 4.78 is 31.4. The van der Waals surface area contributed by atoms with Crippen LogP contribution >= 0.6 is 0 Å². The fourth-order valence-corrected chi connectivity index (χ4v) is 3.74. The summed E-state index contributed by atoms with van der Waals surface area (Å²) in [6, 6.07) is 5.27.